The molecule has 0 fully saturated rings. The average molecular weight is 167 g/mol. The Balaban J connectivity index is 0. The molecule has 0 unspecified atom stereocenters. The zero-order valence-corrected chi connectivity index (χ0v) is 5.93. The van der Waals surface area contributed by atoms with Crippen molar-refractivity contribution in [3.05, 3.63) is 0 Å². The largest absolute Gasteiger partial charge is 0.401 e. The van der Waals surface area contributed by atoms with Crippen molar-refractivity contribution in [3.63, 3.8) is 0 Å². The van der Waals surface area contributed by atoms with Crippen LogP contribution in [-0.2, 0) is 4.74 Å². The van der Waals surface area contributed by atoms with Crippen molar-refractivity contribution in [1.82, 2.24) is 0 Å². The molecule has 0 saturated carbocycles. The van der Waals surface area contributed by atoms with Crippen LogP contribution in [0.4, 0.5) is 8.78 Å². The van der Waals surface area contributed by atoms with E-state index in [2.05, 4.69) is 27.9 Å². The van der Waals surface area contributed by atoms with Gasteiger partial charge in [0.15, 0.2) is 0 Å². The molecule has 0 amide bonds. The molecule has 8 heavy (non-hydrogen) atoms. The van der Waals surface area contributed by atoms with Crippen LogP contribution in [-0.4, -0.2) is 19.1 Å². The van der Waals surface area contributed by atoms with Gasteiger partial charge < -0.3 is 4.74 Å². The second kappa shape index (κ2) is 5.54. The maximum Gasteiger partial charge on any atom is 0.401 e. The summed E-state index contributed by atoms with van der Waals surface area (Å²) in [6.45, 7) is 0. The van der Waals surface area contributed by atoms with Gasteiger partial charge in [-0.25, -0.2) is 0 Å². The predicted molar refractivity (Wildman–Crippen MR) is 29.6 cm³/mol. The molecule has 52 valence electrons. The van der Waals surface area contributed by atoms with Crippen molar-refractivity contribution in [2.24, 2.45) is 0 Å². The first-order valence-corrected chi connectivity index (χ1v) is 2.33. The van der Waals surface area contributed by atoms with Crippen LogP contribution in [0.5, 0.6) is 0 Å². The summed E-state index contributed by atoms with van der Waals surface area (Å²) in [5.74, 6) is 0. The first-order valence-electron chi connectivity index (χ1n) is 1.57. The third kappa shape index (κ3) is 1170. The van der Waals surface area contributed by atoms with Crippen LogP contribution in [0.15, 0.2) is 0 Å². The molecule has 0 aliphatic heterocycles. The summed E-state index contributed by atoms with van der Waals surface area (Å²) >= 11 is 7.92. The fourth-order valence-corrected chi connectivity index (χ4v) is 0. The van der Waals surface area contributed by atoms with Crippen molar-refractivity contribution < 1.29 is 13.5 Å². The molecule has 0 aliphatic rings. The minimum atomic E-state index is -3.56. The van der Waals surface area contributed by atoms with E-state index in [9.17, 15) is 8.78 Å². The van der Waals surface area contributed by atoms with Crippen molar-refractivity contribution >= 4 is 23.2 Å². The van der Waals surface area contributed by atoms with Crippen molar-refractivity contribution in [3.8, 4) is 0 Å². The summed E-state index contributed by atoms with van der Waals surface area (Å²) < 4.78 is 25.4. The number of hydrogen-bond donors (Lipinski definition) is 0. The van der Waals surface area contributed by atoms with Gasteiger partial charge in [0.2, 0.25) is 0 Å². The van der Waals surface area contributed by atoms with Crippen LogP contribution < -0.4 is 0 Å². The van der Waals surface area contributed by atoms with Gasteiger partial charge in [-0.05, 0) is 23.2 Å². The first kappa shape index (κ1) is 11.2. The van der Waals surface area contributed by atoms with E-state index in [0.717, 1.165) is 0 Å². The Morgan fingerprint density at radius 1 is 1.25 bits per heavy atom. The van der Waals surface area contributed by atoms with Crippen LogP contribution in [0, 0.1) is 0 Å². The molecular weight excluding hydrogens is 161 g/mol. The monoisotopic (exact) mass is 166 g/mol. The Hall–Kier alpha value is 0.400. The minimum absolute atomic E-state index is 1.62. The number of ether oxygens (including phenoxy) is 1. The normalized spacial score (nSPS) is 9.75. The van der Waals surface area contributed by atoms with Gasteiger partial charge in [0.05, 0.1) is 0 Å². The highest BCUT2D eigenvalue weighted by molar-refractivity contribution is 6.45. The predicted octanol–water partition coefficient (Wildman–Crippen LogP) is 2.28. The van der Waals surface area contributed by atoms with Crippen molar-refractivity contribution in [1.29, 1.82) is 0 Å². The maximum atomic E-state index is 10.6. The molecule has 0 bridgehead atoms. The Morgan fingerprint density at radius 2 is 1.25 bits per heavy atom. The van der Waals surface area contributed by atoms with Crippen LogP contribution in [0.1, 0.15) is 0 Å². The molecule has 0 aliphatic carbocycles. The lowest BCUT2D eigenvalue weighted by Gasteiger charge is -1.87. The Kier molecular flexibility index (Phi) is 7.77. The Labute approximate surface area is 56.5 Å². The van der Waals surface area contributed by atoms with E-state index < -0.39 is 4.84 Å². The van der Waals surface area contributed by atoms with E-state index in [-0.39, 0.29) is 0 Å². The van der Waals surface area contributed by atoms with Gasteiger partial charge >= 0.3 is 4.84 Å². The molecule has 0 atom stereocenters. The molecule has 0 aromatic carbocycles. The summed E-state index contributed by atoms with van der Waals surface area (Å²) in [7, 11) is 3.25. The molecule has 0 radical (unpaired) electrons. The first-order chi connectivity index (χ1) is 3.41. The Morgan fingerprint density at radius 3 is 1.25 bits per heavy atom. The molecular formula is C3H6Cl2F2O. The lowest BCUT2D eigenvalue weighted by Crippen LogP contribution is -1.86. The van der Waals surface area contributed by atoms with E-state index in [1.165, 1.54) is 0 Å². The molecule has 1 nitrogen and oxygen atoms in total. The summed E-state index contributed by atoms with van der Waals surface area (Å²) in [5.41, 5.74) is 0. The quantitative estimate of drug-likeness (QED) is 0.502. The molecule has 0 aromatic heterocycles. The van der Waals surface area contributed by atoms with E-state index in [1.54, 1.807) is 14.2 Å². The van der Waals surface area contributed by atoms with Gasteiger partial charge in [-0.15, -0.1) is 0 Å². The topological polar surface area (TPSA) is 9.23 Å². The molecule has 0 aromatic rings. The highest BCUT2D eigenvalue weighted by Gasteiger charge is 2.17. The third-order valence-corrected chi connectivity index (χ3v) is 0. The summed E-state index contributed by atoms with van der Waals surface area (Å²) in [6.07, 6.45) is 0. The molecule has 0 N–H and O–H groups in total. The van der Waals surface area contributed by atoms with E-state index in [0.29, 0.717) is 0 Å². The second-order valence-corrected chi connectivity index (χ2v) is 1.98. The smallest absolute Gasteiger partial charge is 0.388 e. The number of hydrogen-bond acceptors (Lipinski definition) is 1. The van der Waals surface area contributed by atoms with Gasteiger partial charge in [0.1, 0.15) is 0 Å². The second-order valence-electron chi connectivity index (χ2n) is 0.837. The van der Waals surface area contributed by atoms with E-state index in [4.69, 9.17) is 0 Å². The van der Waals surface area contributed by atoms with Gasteiger partial charge in [-0.1, -0.05) is 0 Å². The summed E-state index contributed by atoms with van der Waals surface area (Å²) in [4.78, 5) is -3.56. The van der Waals surface area contributed by atoms with E-state index >= 15 is 0 Å². The number of halogens is 4. The average Bonchev–Trinajstić information content (AvgIpc) is 1.27. The molecule has 5 heteroatoms. The molecule has 0 spiro atoms. The van der Waals surface area contributed by atoms with Crippen LogP contribution in [0.25, 0.3) is 0 Å². The SMILES string of the molecule is COC.FC(F)(Cl)Cl. The number of rotatable bonds is 0. The van der Waals surface area contributed by atoms with Crippen molar-refractivity contribution in [2.75, 3.05) is 14.2 Å². The Bertz CT molecular complexity index is 39.0. The zero-order chi connectivity index (χ0) is 7.21. The van der Waals surface area contributed by atoms with Gasteiger partial charge in [-0.3, -0.25) is 0 Å². The number of alkyl halides is 4. The summed E-state index contributed by atoms with van der Waals surface area (Å²) in [5, 5.41) is 0. The van der Waals surface area contributed by atoms with Gasteiger partial charge in [0.25, 0.3) is 0 Å². The van der Waals surface area contributed by atoms with Gasteiger partial charge in [0, 0.05) is 14.2 Å². The maximum absolute atomic E-state index is 10.6. The highest BCUT2D eigenvalue weighted by Crippen LogP contribution is 2.22. The van der Waals surface area contributed by atoms with E-state index in [1.807, 2.05) is 0 Å². The van der Waals surface area contributed by atoms with Crippen LogP contribution in [0.3, 0.4) is 0 Å². The highest BCUT2D eigenvalue weighted by atomic mass is 35.5. The van der Waals surface area contributed by atoms with Gasteiger partial charge in [-0.2, -0.15) is 8.78 Å². The fourth-order valence-electron chi connectivity index (χ4n) is 0. The molecule has 0 saturated heterocycles. The lowest BCUT2D eigenvalue weighted by atomic mass is 11.6. The molecule has 0 heterocycles. The lowest BCUT2D eigenvalue weighted by molar-refractivity contribution is 0.194. The fraction of sp³-hybridized carbons (Fsp3) is 1.00. The third-order valence-electron chi connectivity index (χ3n) is 0. The standard InChI is InChI=1S/C2H6O.CCl2F2/c1-3-2;2-1(3,4)5/h1-2H3;. The van der Waals surface area contributed by atoms with Crippen LogP contribution >= 0.6 is 23.2 Å². The summed E-state index contributed by atoms with van der Waals surface area (Å²) in [6, 6.07) is 0. The molecule has 0 rings (SSSR count). The van der Waals surface area contributed by atoms with Crippen LogP contribution in [0.2, 0.25) is 0 Å². The van der Waals surface area contributed by atoms with Crippen molar-refractivity contribution in [2.45, 2.75) is 4.84 Å². The minimum Gasteiger partial charge on any atom is -0.388 e. The zero-order valence-electron chi connectivity index (χ0n) is 4.42. The number of methoxy groups -OCH3 is 1.